The van der Waals surface area contributed by atoms with E-state index >= 15 is 0 Å². The third-order valence-electron chi connectivity index (χ3n) is 3.33. The van der Waals surface area contributed by atoms with Crippen molar-refractivity contribution >= 4 is 21.4 Å². The summed E-state index contributed by atoms with van der Waals surface area (Å²) in [4.78, 5) is 9.86. The van der Waals surface area contributed by atoms with Crippen LogP contribution in [0.2, 0.25) is 0 Å². The monoisotopic (exact) mass is 340 g/mol. The number of halogens is 1. The van der Waals surface area contributed by atoms with Gasteiger partial charge in [0, 0.05) is 12.1 Å². The van der Waals surface area contributed by atoms with E-state index in [9.17, 15) is 28.0 Å². The van der Waals surface area contributed by atoms with Crippen molar-refractivity contribution in [3.8, 4) is 5.75 Å². The summed E-state index contributed by atoms with van der Waals surface area (Å²) >= 11 is 0. The number of phenolic OH excluding ortho intramolecular Hbond substituents is 1. The summed E-state index contributed by atoms with van der Waals surface area (Å²) in [6.45, 7) is 3.03. The number of nitrogens with zero attached hydrogens (tertiary/aromatic N) is 1. The number of nitrogens with one attached hydrogen (secondary N) is 1. The molecule has 0 bridgehead atoms. The van der Waals surface area contributed by atoms with E-state index in [4.69, 9.17) is 0 Å². The average molecular weight is 340 g/mol. The van der Waals surface area contributed by atoms with E-state index in [1.165, 1.54) is 26.0 Å². The smallest absolute Gasteiger partial charge is 0.271 e. The number of rotatable bonds is 4. The van der Waals surface area contributed by atoms with E-state index in [-0.39, 0.29) is 10.6 Å². The molecular weight excluding hydrogens is 327 g/mol. The third kappa shape index (κ3) is 3.24. The summed E-state index contributed by atoms with van der Waals surface area (Å²) < 4.78 is 40.6. The Balaban J connectivity index is 2.56. The largest absolute Gasteiger partial charge is 0.505 e. The van der Waals surface area contributed by atoms with E-state index in [2.05, 4.69) is 0 Å². The number of aromatic hydroxyl groups is 1. The van der Waals surface area contributed by atoms with E-state index in [1.807, 2.05) is 4.72 Å². The molecule has 0 fully saturated rings. The third-order valence-corrected chi connectivity index (χ3v) is 4.82. The number of benzene rings is 2. The maximum Gasteiger partial charge on any atom is 0.271 e. The highest BCUT2D eigenvalue weighted by Gasteiger charge is 2.24. The SMILES string of the molecule is Cc1cc([N+](=O)[O-])cc(S(=O)(=O)Nc2cccc(O)c2F)c1C. The highest BCUT2D eigenvalue weighted by Crippen LogP contribution is 2.29. The first-order chi connectivity index (χ1) is 10.6. The van der Waals surface area contributed by atoms with Gasteiger partial charge in [-0.1, -0.05) is 6.07 Å². The van der Waals surface area contributed by atoms with Gasteiger partial charge in [-0.3, -0.25) is 14.8 Å². The van der Waals surface area contributed by atoms with E-state index in [1.54, 1.807) is 0 Å². The molecule has 122 valence electrons. The average Bonchev–Trinajstić information content (AvgIpc) is 2.46. The van der Waals surface area contributed by atoms with Crippen LogP contribution in [0.1, 0.15) is 11.1 Å². The molecule has 0 aliphatic carbocycles. The second-order valence-electron chi connectivity index (χ2n) is 4.89. The summed E-state index contributed by atoms with van der Waals surface area (Å²) in [5.41, 5.74) is -0.113. The molecule has 2 aromatic carbocycles. The van der Waals surface area contributed by atoms with Crippen LogP contribution in [0.4, 0.5) is 15.8 Å². The van der Waals surface area contributed by atoms with Crippen LogP contribution in [0.5, 0.6) is 5.75 Å². The molecule has 0 heterocycles. The Morgan fingerprint density at radius 1 is 1.26 bits per heavy atom. The van der Waals surface area contributed by atoms with Gasteiger partial charge < -0.3 is 5.11 Å². The molecule has 0 aliphatic rings. The second kappa shape index (κ2) is 5.84. The Labute approximate surface area is 131 Å². The summed E-state index contributed by atoms with van der Waals surface area (Å²) in [6, 6.07) is 5.62. The molecule has 23 heavy (non-hydrogen) atoms. The standard InChI is InChI=1S/C14H13FN2O5S/c1-8-6-10(17(19)20)7-13(9(8)2)23(21,22)16-11-4-3-5-12(18)14(11)15/h3-7,16,18H,1-2H3. The lowest BCUT2D eigenvalue weighted by atomic mass is 10.1. The lowest BCUT2D eigenvalue weighted by Crippen LogP contribution is -2.16. The molecule has 2 rings (SSSR count). The fourth-order valence-corrected chi connectivity index (χ4v) is 3.39. The molecule has 0 atom stereocenters. The summed E-state index contributed by atoms with van der Waals surface area (Å²) in [5, 5.41) is 20.2. The summed E-state index contributed by atoms with van der Waals surface area (Å²) in [6.07, 6.45) is 0. The van der Waals surface area contributed by atoms with Crippen molar-refractivity contribution in [2.45, 2.75) is 18.7 Å². The van der Waals surface area contributed by atoms with Crippen LogP contribution in [0.25, 0.3) is 0 Å². The highest BCUT2D eigenvalue weighted by molar-refractivity contribution is 7.92. The minimum atomic E-state index is -4.27. The number of phenols is 1. The van der Waals surface area contributed by atoms with Crippen molar-refractivity contribution in [3.05, 3.63) is 57.4 Å². The fraction of sp³-hybridized carbons (Fsp3) is 0.143. The number of aryl methyl sites for hydroxylation is 1. The molecule has 2 N–H and O–H groups in total. The number of hydrogen-bond acceptors (Lipinski definition) is 5. The Morgan fingerprint density at radius 3 is 2.52 bits per heavy atom. The van der Waals surface area contributed by atoms with Crippen molar-refractivity contribution in [3.63, 3.8) is 0 Å². The number of non-ortho nitro benzene ring substituents is 1. The van der Waals surface area contributed by atoms with Gasteiger partial charge in [0.1, 0.15) is 0 Å². The quantitative estimate of drug-likeness (QED) is 0.657. The molecule has 0 spiro atoms. The fourth-order valence-electron chi connectivity index (χ4n) is 1.99. The molecule has 0 radical (unpaired) electrons. The molecule has 0 saturated carbocycles. The molecule has 0 aliphatic heterocycles. The molecule has 0 amide bonds. The lowest BCUT2D eigenvalue weighted by Gasteiger charge is -2.13. The molecule has 0 aromatic heterocycles. The van der Waals surface area contributed by atoms with Gasteiger partial charge in [0.05, 0.1) is 15.5 Å². The van der Waals surface area contributed by atoms with E-state index in [0.717, 1.165) is 18.2 Å². The van der Waals surface area contributed by atoms with Gasteiger partial charge in [0.2, 0.25) is 0 Å². The topological polar surface area (TPSA) is 110 Å². The van der Waals surface area contributed by atoms with Gasteiger partial charge in [-0.05, 0) is 37.1 Å². The zero-order chi connectivity index (χ0) is 17.4. The minimum Gasteiger partial charge on any atom is -0.505 e. The number of nitro groups is 1. The van der Waals surface area contributed by atoms with Crippen LogP contribution in [0.3, 0.4) is 0 Å². The maximum absolute atomic E-state index is 13.7. The molecule has 7 nitrogen and oxygen atoms in total. The van der Waals surface area contributed by atoms with Gasteiger partial charge in [0.25, 0.3) is 15.7 Å². The van der Waals surface area contributed by atoms with Gasteiger partial charge in [0.15, 0.2) is 11.6 Å². The van der Waals surface area contributed by atoms with Gasteiger partial charge in [-0.2, -0.15) is 0 Å². The second-order valence-corrected chi connectivity index (χ2v) is 6.54. The van der Waals surface area contributed by atoms with Crippen molar-refractivity contribution in [2.75, 3.05) is 4.72 Å². The predicted octanol–water partition coefficient (Wildman–Crippen LogP) is 2.86. The summed E-state index contributed by atoms with van der Waals surface area (Å²) in [7, 11) is -4.27. The number of sulfonamides is 1. The van der Waals surface area contributed by atoms with Crippen molar-refractivity contribution in [1.29, 1.82) is 0 Å². The first-order valence-electron chi connectivity index (χ1n) is 6.39. The van der Waals surface area contributed by atoms with Crippen molar-refractivity contribution in [1.82, 2.24) is 0 Å². The van der Waals surface area contributed by atoms with Crippen LogP contribution < -0.4 is 4.72 Å². The normalized spacial score (nSPS) is 11.3. The molecule has 0 saturated heterocycles. The lowest BCUT2D eigenvalue weighted by molar-refractivity contribution is -0.385. The Hall–Kier alpha value is -2.68. The van der Waals surface area contributed by atoms with Crippen LogP contribution in [-0.2, 0) is 10.0 Å². The van der Waals surface area contributed by atoms with Gasteiger partial charge >= 0.3 is 0 Å². The molecule has 9 heteroatoms. The van der Waals surface area contributed by atoms with Crippen LogP contribution in [-0.4, -0.2) is 18.4 Å². The Bertz CT molecular complexity index is 896. The minimum absolute atomic E-state index is 0.309. The zero-order valence-corrected chi connectivity index (χ0v) is 13.0. The molecule has 0 unspecified atom stereocenters. The predicted molar refractivity (Wildman–Crippen MR) is 81.4 cm³/mol. The van der Waals surface area contributed by atoms with Gasteiger partial charge in [-0.25, -0.2) is 12.8 Å². The number of nitro benzene ring substituents is 1. The molecule has 2 aromatic rings. The van der Waals surface area contributed by atoms with Crippen LogP contribution in [0.15, 0.2) is 35.2 Å². The summed E-state index contributed by atoms with van der Waals surface area (Å²) in [5.74, 6) is -1.84. The maximum atomic E-state index is 13.7. The zero-order valence-electron chi connectivity index (χ0n) is 12.2. The van der Waals surface area contributed by atoms with Crippen LogP contribution >= 0.6 is 0 Å². The van der Waals surface area contributed by atoms with E-state index < -0.39 is 32.2 Å². The number of anilines is 1. The molecular formula is C14H13FN2O5S. The Kier molecular flexibility index (Phi) is 4.24. The number of hydrogen-bond donors (Lipinski definition) is 2. The Morgan fingerprint density at radius 2 is 1.91 bits per heavy atom. The first-order valence-corrected chi connectivity index (χ1v) is 7.87. The van der Waals surface area contributed by atoms with Gasteiger partial charge in [-0.15, -0.1) is 0 Å². The first kappa shape index (κ1) is 16.7. The van der Waals surface area contributed by atoms with Crippen molar-refractivity contribution < 1.29 is 22.8 Å². The van der Waals surface area contributed by atoms with Crippen LogP contribution in [0, 0.1) is 29.8 Å². The highest BCUT2D eigenvalue weighted by atomic mass is 32.2. The van der Waals surface area contributed by atoms with E-state index in [0.29, 0.717) is 11.1 Å². The van der Waals surface area contributed by atoms with Crippen molar-refractivity contribution in [2.24, 2.45) is 0 Å².